The molecular formula is C21H25N3O3. The van der Waals surface area contributed by atoms with Crippen LogP contribution in [-0.4, -0.2) is 30.9 Å². The predicted molar refractivity (Wildman–Crippen MR) is 102 cm³/mol. The van der Waals surface area contributed by atoms with Gasteiger partial charge in [0.2, 0.25) is 0 Å². The van der Waals surface area contributed by atoms with Crippen LogP contribution in [0.3, 0.4) is 0 Å². The van der Waals surface area contributed by atoms with E-state index < -0.39 is 11.8 Å². The van der Waals surface area contributed by atoms with Crippen molar-refractivity contribution in [3.63, 3.8) is 0 Å². The highest BCUT2D eigenvalue weighted by atomic mass is 16.3. The number of hydrogen-bond donors (Lipinski definition) is 2. The maximum Gasteiger partial charge on any atom is 0.309 e. The van der Waals surface area contributed by atoms with Crippen LogP contribution >= 0.6 is 0 Å². The third-order valence-electron chi connectivity index (χ3n) is 5.52. The number of furan rings is 1. The zero-order valence-corrected chi connectivity index (χ0v) is 15.3. The van der Waals surface area contributed by atoms with Gasteiger partial charge in [-0.15, -0.1) is 0 Å². The number of para-hydroxylation sites is 1. The normalized spacial score (nSPS) is 17.6. The van der Waals surface area contributed by atoms with E-state index in [0.29, 0.717) is 6.54 Å². The molecule has 1 fully saturated rings. The molecule has 2 amide bonds. The van der Waals surface area contributed by atoms with E-state index in [9.17, 15) is 9.59 Å². The van der Waals surface area contributed by atoms with Gasteiger partial charge in [-0.2, -0.15) is 0 Å². The van der Waals surface area contributed by atoms with Crippen molar-refractivity contribution in [2.24, 2.45) is 0 Å². The molecule has 0 radical (unpaired) electrons. The lowest BCUT2D eigenvalue weighted by molar-refractivity contribution is -0.139. The van der Waals surface area contributed by atoms with Crippen LogP contribution in [0.5, 0.6) is 0 Å². The number of nitrogens with zero attached hydrogens (tertiary/aromatic N) is 1. The summed E-state index contributed by atoms with van der Waals surface area (Å²) in [7, 11) is 0. The summed E-state index contributed by atoms with van der Waals surface area (Å²) in [5.74, 6) is -0.337. The van der Waals surface area contributed by atoms with Gasteiger partial charge in [-0.05, 0) is 43.0 Å². The summed E-state index contributed by atoms with van der Waals surface area (Å²) >= 11 is 0. The molecule has 4 rings (SSSR count). The molecular weight excluding hydrogens is 342 g/mol. The van der Waals surface area contributed by atoms with Gasteiger partial charge >= 0.3 is 11.8 Å². The van der Waals surface area contributed by atoms with Gasteiger partial charge in [0.1, 0.15) is 11.8 Å². The zero-order chi connectivity index (χ0) is 18.6. The van der Waals surface area contributed by atoms with Gasteiger partial charge < -0.3 is 20.0 Å². The van der Waals surface area contributed by atoms with E-state index >= 15 is 0 Å². The maximum absolute atomic E-state index is 12.3. The monoisotopic (exact) mass is 367 g/mol. The fraction of sp³-hybridized carbons (Fsp3) is 0.429. The number of carbonyl (C=O) groups excluding carboxylic acids is 2. The lowest BCUT2D eigenvalue weighted by Gasteiger charge is -2.29. The molecule has 1 aliphatic heterocycles. The van der Waals surface area contributed by atoms with Crippen molar-refractivity contribution >= 4 is 17.5 Å². The molecule has 27 heavy (non-hydrogen) atoms. The van der Waals surface area contributed by atoms with Gasteiger partial charge in [-0.25, -0.2) is 0 Å². The smallest absolute Gasteiger partial charge is 0.309 e. The Morgan fingerprint density at radius 2 is 1.93 bits per heavy atom. The molecule has 1 saturated carbocycles. The molecule has 1 unspecified atom stereocenters. The molecule has 6 heteroatoms. The van der Waals surface area contributed by atoms with E-state index in [0.717, 1.165) is 50.1 Å². The predicted octanol–water partition coefficient (Wildman–Crippen LogP) is 2.56. The van der Waals surface area contributed by atoms with E-state index in [4.69, 9.17) is 4.42 Å². The minimum Gasteiger partial charge on any atom is -0.467 e. The molecule has 1 aliphatic carbocycles. The Labute approximate surface area is 158 Å². The third kappa shape index (κ3) is 3.84. The van der Waals surface area contributed by atoms with Crippen molar-refractivity contribution in [3.05, 3.63) is 54.0 Å². The highest BCUT2D eigenvalue weighted by molar-refractivity contribution is 6.35. The van der Waals surface area contributed by atoms with Crippen molar-refractivity contribution in [1.29, 1.82) is 0 Å². The number of anilines is 1. The Balaban J connectivity index is 1.43. The SMILES string of the molecule is O=C(NCC(c1ccco1)N1CCc2ccccc21)C(=O)NC1CCCC1. The van der Waals surface area contributed by atoms with Crippen molar-refractivity contribution in [1.82, 2.24) is 10.6 Å². The second-order valence-corrected chi connectivity index (χ2v) is 7.27. The maximum atomic E-state index is 12.3. The van der Waals surface area contributed by atoms with Crippen LogP contribution in [0.4, 0.5) is 5.69 Å². The van der Waals surface area contributed by atoms with Crippen LogP contribution in [0.15, 0.2) is 47.1 Å². The van der Waals surface area contributed by atoms with Crippen LogP contribution in [0, 0.1) is 0 Å². The Hall–Kier alpha value is -2.76. The number of carbonyl (C=O) groups is 2. The van der Waals surface area contributed by atoms with Crippen molar-refractivity contribution < 1.29 is 14.0 Å². The first kappa shape index (κ1) is 17.6. The topological polar surface area (TPSA) is 74.6 Å². The van der Waals surface area contributed by atoms with Crippen LogP contribution in [0.25, 0.3) is 0 Å². The van der Waals surface area contributed by atoms with Gasteiger partial charge in [0.05, 0.1) is 6.26 Å². The number of fused-ring (bicyclic) bond motifs is 1. The first-order valence-corrected chi connectivity index (χ1v) is 9.69. The van der Waals surface area contributed by atoms with E-state index in [2.05, 4.69) is 27.7 Å². The number of rotatable bonds is 5. The molecule has 1 aromatic heterocycles. The average molecular weight is 367 g/mol. The lowest BCUT2D eigenvalue weighted by Crippen LogP contribution is -2.46. The quantitative estimate of drug-likeness (QED) is 0.797. The third-order valence-corrected chi connectivity index (χ3v) is 5.52. The molecule has 2 N–H and O–H groups in total. The second-order valence-electron chi connectivity index (χ2n) is 7.27. The summed E-state index contributed by atoms with van der Waals surface area (Å²) in [6.07, 6.45) is 6.74. The fourth-order valence-corrected chi connectivity index (χ4v) is 4.12. The molecule has 2 aliphatic rings. The lowest BCUT2D eigenvalue weighted by atomic mass is 10.1. The summed E-state index contributed by atoms with van der Waals surface area (Å²) in [6, 6.07) is 12.0. The summed E-state index contributed by atoms with van der Waals surface area (Å²) in [4.78, 5) is 26.7. The number of amides is 2. The Bertz CT molecular complexity index is 797. The van der Waals surface area contributed by atoms with E-state index in [1.165, 1.54) is 5.56 Å². The second kappa shape index (κ2) is 7.86. The molecule has 1 aromatic carbocycles. The van der Waals surface area contributed by atoms with E-state index in [1.54, 1.807) is 6.26 Å². The summed E-state index contributed by atoms with van der Waals surface area (Å²) in [6.45, 7) is 1.17. The Morgan fingerprint density at radius 1 is 1.11 bits per heavy atom. The molecule has 0 spiro atoms. The van der Waals surface area contributed by atoms with Crippen molar-refractivity contribution in [2.75, 3.05) is 18.0 Å². The Kier molecular flexibility index (Phi) is 5.14. The minimum absolute atomic E-state index is 0.134. The van der Waals surface area contributed by atoms with E-state index in [-0.39, 0.29) is 12.1 Å². The summed E-state index contributed by atoms with van der Waals surface area (Å²) < 4.78 is 5.63. The van der Waals surface area contributed by atoms with Crippen LogP contribution < -0.4 is 15.5 Å². The Morgan fingerprint density at radius 3 is 2.70 bits per heavy atom. The molecule has 2 heterocycles. The first-order chi connectivity index (χ1) is 13.2. The number of benzene rings is 1. The zero-order valence-electron chi connectivity index (χ0n) is 15.3. The fourth-order valence-electron chi connectivity index (χ4n) is 4.12. The van der Waals surface area contributed by atoms with Crippen LogP contribution in [0.2, 0.25) is 0 Å². The van der Waals surface area contributed by atoms with Gasteiger partial charge in [0, 0.05) is 24.8 Å². The van der Waals surface area contributed by atoms with Crippen molar-refractivity contribution in [3.8, 4) is 0 Å². The van der Waals surface area contributed by atoms with Gasteiger partial charge in [-0.3, -0.25) is 9.59 Å². The molecule has 142 valence electrons. The molecule has 6 nitrogen and oxygen atoms in total. The summed E-state index contributed by atoms with van der Waals surface area (Å²) in [5, 5.41) is 5.63. The highest BCUT2D eigenvalue weighted by Gasteiger charge is 2.30. The van der Waals surface area contributed by atoms with Gasteiger partial charge in [0.15, 0.2) is 0 Å². The van der Waals surface area contributed by atoms with Gasteiger partial charge in [0.25, 0.3) is 0 Å². The number of hydrogen-bond acceptors (Lipinski definition) is 4. The van der Waals surface area contributed by atoms with Crippen LogP contribution in [0.1, 0.15) is 43.0 Å². The molecule has 0 saturated heterocycles. The van der Waals surface area contributed by atoms with Crippen LogP contribution in [-0.2, 0) is 16.0 Å². The average Bonchev–Trinajstić information content (AvgIpc) is 3.44. The minimum atomic E-state index is -0.578. The molecule has 1 atom stereocenters. The van der Waals surface area contributed by atoms with Crippen molar-refractivity contribution in [2.45, 2.75) is 44.2 Å². The molecule has 0 bridgehead atoms. The number of nitrogens with one attached hydrogen (secondary N) is 2. The highest BCUT2D eigenvalue weighted by Crippen LogP contribution is 2.34. The van der Waals surface area contributed by atoms with E-state index in [1.807, 2.05) is 24.3 Å². The summed E-state index contributed by atoms with van der Waals surface area (Å²) in [5.41, 5.74) is 2.45. The largest absolute Gasteiger partial charge is 0.467 e. The van der Waals surface area contributed by atoms with Gasteiger partial charge in [-0.1, -0.05) is 31.0 Å². The molecule has 2 aromatic rings. The first-order valence-electron chi connectivity index (χ1n) is 9.69. The standard InChI is InChI=1S/C21H25N3O3/c25-20(21(26)23-16-7-2-3-8-16)22-14-18(19-10-5-13-27-19)24-12-11-15-6-1-4-9-17(15)24/h1,4-6,9-10,13,16,18H,2-3,7-8,11-12,14H2,(H,22,25)(H,23,26).